The number of carbonyl (C=O) groups is 2. The van der Waals surface area contributed by atoms with Gasteiger partial charge in [0.25, 0.3) is 0 Å². The van der Waals surface area contributed by atoms with Crippen LogP contribution in [0, 0.1) is 0 Å². The van der Waals surface area contributed by atoms with E-state index in [0.717, 1.165) is 12.8 Å². The normalized spacial score (nSPS) is 9.67. The van der Waals surface area contributed by atoms with E-state index in [0.29, 0.717) is 25.1 Å². The molecule has 0 aliphatic heterocycles. The van der Waals surface area contributed by atoms with E-state index in [9.17, 15) is 9.59 Å². The van der Waals surface area contributed by atoms with Crippen LogP contribution in [0.3, 0.4) is 0 Å². The number of amides is 1. The quantitative estimate of drug-likeness (QED) is 0.321. The summed E-state index contributed by atoms with van der Waals surface area (Å²) in [5, 5.41) is 0. The number of unbranched alkanes of at least 4 members (excludes halogenated alkanes) is 2. The first kappa shape index (κ1) is 24.6. The summed E-state index contributed by atoms with van der Waals surface area (Å²) in [6.45, 7) is 13.4. The largest absolute Gasteiger partial charge is 0.387 e. The summed E-state index contributed by atoms with van der Waals surface area (Å²) in [4.78, 5) is 24.7. The highest BCUT2D eigenvalue weighted by atomic mass is 16.1. The van der Waals surface area contributed by atoms with Crippen molar-refractivity contribution >= 4 is 17.5 Å². The van der Waals surface area contributed by atoms with Crippen LogP contribution in [-0.2, 0) is 9.59 Å². The van der Waals surface area contributed by atoms with Crippen LogP contribution in [-0.4, -0.2) is 17.5 Å². The van der Waals surface area contributed by atoms with Gasteiger partial charge in [-0.05, 0) is 12.5 Å². The number of allylic oxidation sites excluding steroid dienone is 1. The fraction of sp³-hybridized carbons (Fsp3) is 0.706. The highest BCUT2D eigenvalue weighted by molar-refractivity contribution is 5.93. The van der Waals surface area contributed by atoms with Gasteiger partial charge < -0.3 is 5.73 Å². The van der Waals surface area contributed by atoms with Crippen molar-refractivity contribution in [2.45, 2.75) is 79.6 Å². The lowest BCUT2D eigenvalue weighted by atomic mass is 10.1. The van der Waals surface area contributed by atoms with E-state index >= 15 is 0 Å². The molecular weight excluding hydrogens is 264 g/mol. The number of hydrogen-bond acceptors (Lipinski definition) is 2. The van der Waals surface area contributed by atoms with E-state index in [1.165, 1.54) is 18.9 Å². The molecule has 0 aromatic heterocycles. The lowest BCUT2D eigenvalue weighted by molar-refractivity contribution is -0.117. The Labute approximate surface area is 132 Å². The van der Waals surface area contributed by atoms with Crippen molar-refractivity contribution in [3.05, 3.63) is 12.7 Å². The predicted octanol–water partition coefficient (Wildman–Crippen LogP) is 4.67. The molecule has 0 rings (SSSR count). The van der Waals surface area contributed by atoms with E-state index in [1.54, 1.807) is 6.92 Å². The Kier molecular flexibility index (Phi) is 24.4. The molecule has 0 aliphatic rings. The molecule has 0 spiro atoms. The second-order valence-corrected chi connectivity index (χ2v) is 4.54. The number of carbonyl (C=O) groups excluding carboxylic acids is 2. The molecule has 0 fully saturated rings. The molecule has 126 valence electrons. The second-order valence-electron chi connectivity index (χ2n) is 4.54. The first-order chi connectivity index (χ1) is 9.92. The van der Waals surface area contributed by atoms with Crippen molar-refractivity contribution in [3.8, 4) is 0 Å². The van der Waals surface area contributed by atoms with Crippen LogP contribution in [0.2, 0.25) is 0 Å². The zero-order valence-corrected chi connectivity index (χ0v) is 14.6. The molecule has 0 saturated heterocycles. The Morgan fingerprint density at radius 2 is 1.62 bits per heavy atom. The zero-order valence-electron chi connectivity index (χ0n) is 14.6. The topological polar surface area (TPSA) is 72.5 Å². The fourth-order valence-corrected chi connectivity index (χ4v) is 0.970. The van der Waals surface area contributed by atoms with Crippen LogP contribution < -0.4 is 5.73 Å². The summed E-state index contributed by atoms with van der Waals surface area (Å²) in [5.41, 5.74) is 5.28. The molecule has 0 bridgehead atoms. The molecule has 0 unspecified atom stereocenters. The molecule has 0 atom stereocenters. The summed E-state index contributed by atoms with van der Waals surface area (Å²) in [6.07, 6.45) is 7.74. The SMILES string of the molecule is C=CC(=O)CCCCC.CCC.CCC(=O)N=C(N)CC.[HH]. The number of rotatable bonds is 7. The minimum absolute atomic E-state index is 0. The Morgan fingerprint density at radius 3 is 1.95 bits per heavy atom. The zero-order chi connectivity index (χ0) is 17.1. The van der Waals surface area contributed by atoms with Crippen LogP contribution in [0.15, 0.2) is 17.6 Å². The van der Waals surface area contributed by atoms with Crippen molar-refractivity contribution in [2.75, 3.05) is 0 Å². The monoisotopic (exact) mass is 300 g/mol. The summed E-state index contributed by atoms with van der Waals surface area (Å²) in [5.74, 6) is 0.444. The van der Waals surface area contributed by atoms with E-state index in [2.05, 4.69) is 32.3 Å². The number of nitrogens with two attached hydrogens (primary N) is 1. The molecule has 4 nitrogen and oxygen atoms in total. The lowest BCUT2D eigenvalue weighted by Crippen LogP contribution is -2.11. The summed E-state index contributed by atoms with van der Waals surface area (Å²) in [7, 11) is 0. The van der Waals surface area contributed by atoms with Crippen molar-refractivity contribution in [1.29, 1.82) is 0 Å². The van der Waals surface area contributed by atoms with Gasteiger partial charge in [-0.1, -0.05) is 60.5 Å². The Bertz CT molecular complexity index is 303. The van der Waals surface area contributed by atoms with Gasteiger partial charge in [-0.2, -0.15) is 0 Å². The molecule has 0 aliphatic carbocycles. The van der Waals surface area contributed by atoms with Crippen LogP contribution in [0.5, 0.6) is 0 Å². The van der Waals surface area contributed by atoms with E-state index in [4.69, 9.17) is 5.73 Å². The first-order valence-corrected chi connectivity index (χ1v) is 7.94. The maximum atomic E-state index is 10.6. The third kappa shape index (κ3) is 27.7. The smallest absolute Gasteiger partial charge is 0.247 e. The Balaban J connectivity index is -0.000000120. The molecule has 0 saturated carbocycles. The van der Waals surface area contributed by atoms with Gasteiger partial charge in [-0.3, -0.25) is 9.59 Å². The van der Waals surface area contributed by atoms with Crippen molar-refractivity contribution < 1.29 is 11.0 Å². The molecule has 0 heterocycles. The lowest BCUT2D eigenvalue weighted by Gasteiger charge is -1.91. The molecule has 4 heteroatoms. The van der Waals surface area contributed by atoms with E-state index in [1.807, 2.05) is 6.92 Å². The second kappa shape index (κ2) is 20.9. The summed E-state index contributed by atoms with van der Waals surface area (Å²) in [6, 6.07) is 0. The van der Waals surface area contributed by atoms with Crippen molar-refractivity contribution in [1.82, 2.24) is 0 Å². The molecule has 0 radical (unpaired) electrons. The van der Waals surface area contributed by atoms with Gasteiger partial charge in [0, 0.05) is 20.7 Å². The number of aliphatic imine (C=N–C) groups is 1. The average Bonchev–Trinajstić information content (AvgIpc) is 2.48. The highest BCUT2D eigenvalue weighted by Crippen LogP contribution is 1.99. The van der Waals surface area contributed by atoms with Crippen LogP contribution >= 0.6 is 0 Å². The number of ketones is 1. The highest BCUT2D eigenvalue weighted by Gasteiger charge is 1.93. The molecule has 1 amide bonds. The van der Waals surface area contributed by atoms with Crippen molar-refractivity contribution in [2.24, 2.45) is 10.7 Å². The third-order valence-corrected chi connectivity index (χ3v) is 2.19. The minimum Gasteiger partial charge on any atom is -0.387 e. The Hall–Kier alpha value is -1.45. The van der Waals surface area contributed by atoms with Gasteiger partial charge in [0.2, 0.25) is 5.91 Å². The molecular formula is C17H36N2O2. The first-order valence-electron chi connectivity index (χ1n) is 7.94. The number of hydrogen-bond donors (Lipinski definition) is 1. The fourth-order valence-electron chi connectivity index (χ4n) is 0.970. The minimum atomic E-state index is -0.144. The van der Waals surface area contributed by atoms with E-state index < -0.39 is 0 Å². The molecule has 2 N–H and O–H groups in total. The molecule has 21 heavy (non-hydrogen) atoms. The van der Waals surface area contributed by atoms with Gasteiger partial charge in [-0.15, -0.1) is 0 Å². The van der Waals surface area contributed by atoms with Crippen LogP contribution in [0.1, 0.15) is 81.0 Å². The third-order valence-electron chi connectivity index (χ3n) is 2.19. The average molecular weight is 300 g/mol. The van der Waals surface area contributed by atoms with Crippen molar-refractivity contribution in [3.63, 3.8) is 0 Å². The van der Waals surface area contributed by atoms with Gasteiger partial charge >= 0.3 is 0 Å². The maximum Gasteiger partial charge on any atom is 0.247 e. The van der Waals surface area contributed by atoms with Gasteiger partial charge in [0.15, 0.2) is 5.78 Å². The van der Waals surface area contributed by atoms with E-state index in [-0.39, 0.29) is 13.1 Å². The number of amidine groups is 1. The Morgan fingerprint density at radius 1 is 1.10 bits per heavy atom. The van der Waals surface area contributed by atoms with Crippen LogP contribution in [0.25, 0.3) is 0 Å². The standard InChI is InChI=1S/C8H14O.C6H12N2O.C3H8.H2/c1-3-5-6-7-8(9)4-2;1-3-5(7)8-6(9)4-2;1-3-2;/h4H,2-3,5-7H2,1H3;3-4H2,1-2H3,(H2,7,8,9);3H2,1-2H3;1H. The van der Waals surface area contributed by atoms with Gasteiger partial charge in [-0.25, -0.2) is 4.99 Å². The van der Waals surface area contributed by atoms with Crippen LogP contribution in [0.4, 0.5) is 0 Å². The maximum absolute atomic E-state index is 10.6. The predicted molar refractivity (Wildman–Crippen MR) is 94.6 cm³/mol. The number of nitrogens with zero attached hydrogens (tertiary/aromatic N) is 1. The molecule has 0 aromatic carbocycles. The van der Waals surface area contributed by atoms with Gasteiger partial charge in [0.1, 0.15) is 5.84 Å². The summed E-state index contributed by atoms with van der Waals surface area (Å²) < 4.78 is 0. The summed E-state index contributed by atoms with van der Waals surface area (Å²) >= 11 is 0. The van der Waals surface area contributed by atoms with Gasteiger partial charge in [0.05, 0.1) is 0 Å². The molecule has 0 aromatic rings.